The standard InChI is InChI=1S/C9H8IO2/c1-6-3-7(9(11)12-2)5-8(10)4-6/h3-5H,1H2,2H3. The van der Waals surface area contributed by atoms with Crippen molar-refractivity contribution in [3.8, 4) is 0 Å². The Morgan fingerprint density at radius 2 is 2.17 bits per heavy atom. The van der Waals surface area contributed by atoms with Gasteiger partial charge in [-0.15, -0.1) is 0 Å². The molecule has 0 amide bonds. The Balaban J connectivity index is 3.08. The summed E-state index contributed by atoms with van der Waals surface area (Å²) in [6.07, 6.45) is 0. The topological polar surface area (TPSA) is 26.3 Å². The van der Waals surface area contributed by atoms with Crippen molar-refractivity contribution in [2.24, 2.45) is 0 Å². The number of methoxy groups -OCH3 is 1. The zero-order chi connectivity index (χ0) is 9.14. The van der Waals surface area contributed by atoms with Crippen molar-refractivity contribution in [2.45, 2.75) is 0 Å². The van der Waals surface area contributed by atoms with Gasteiger partial charge in [0.2, 0.25) is 0 Å². The highest BCUT2D eigenvalue weighted by Gasteiger charge is 2.05. The van der Waals surface area contributed by atoms with Crippen LogP contribution in [0, 0.1) is 10.5 Å². The van der Waals surface area contributed by atoms with Crippen LogP contribution >= 0.6 is 22.6 Å². The normalized spacial score (nSPS) is 9.58. The summed E-state index contributed by atoms with van der Waals surface area (Å²) in [5.74, 6) is -0.321. The second-order valence-electron chi connectivity index (χ2n) is 2.34. The third-order valence-corrected chi connectivity index (χ3v) is 2.00. The van der Waals surface area contributed by atoms with Crippen molar-refractivity contribution in [3.05, 3.63) is 39.8 Å². The van der Waals surface area contributed by atoms with Crippen LogP contribution in [0.3, 0.4) is 0 Å². The smallest absolute Gasteiger partial charge is 0.337 e. The highest BCUT2D eigenvalue weighted by molar-refractivity contribution is 14.1. The first-order chi connectivity index (χ1) is 5.63. The molecule has 0 aliphatic heterocycles. The van der Waals surface area contributed by atoms with E-state index < -0.39 is 0 Å². The minimum atomic E-state index is -0.321. The number of ether oxygens (including phenoxy) is 1. The van der Waals surface area contributed by atoms with Gasteiger partial charge in [-0.3, -0.25) is 0 Å². The third kappa shape index (κ3) is 2.20. The molecular weight excluding hydrogens is 267 g/mol. The van der Waals surface area contributed by atoms with Crippen LogP contribution < -0.4 is 0 Å². The maximum atomic E-state index is 11.1. The predicted molar refractivity (Wildman–Crippen MR) is 55.0 cm³/mol. The second-order valence-corrected chi connectivity index (χ2v) is 3.59. The van der Waals surface area contributed by atoms with E-state index in [-0.39, 0.29) is 5.97 Å². The minimum Gasteiger partial charge on any atom is -0.465 e. The molecule has 0 N–H and O–H groups in total. The average Bonchev–Trinajstić information content (AvgIpc) is 2.01. The predicted octanol–water partition coefficient (Wildman–Crippen LogP) is 2.26. The van der Waals surface area contributed by atoms with Gasteiger partial charge in [0.05, 0.1) is 12.7 Å². The number of carbonyl (C=O) groups is 1. The fourth-order valence-corrected chi connectivity index (χ4v) is 1.62. The summed E-state index contributed by atoms with van der Waals surface area (Å²) in [7, 11) is 1.37. The van der Waals surface area contributed by atoms with Crippen molar-refractivity contribution in [1.82, 2.24) is 0 Å². The number of carbonyl (C=O) groups excluding carboxylic acids is 1. The molecular formula is C9H8IO2. The molecule has 1 radical (unpaired) electrons. The molecule has 0 fully saturated rings. The molecule has 0 spiro atoms. The Bertz CT molecular complexity index is 287. The van der Waals surface area contributed by atoms with E-state index in [1.807, 2.05) is 6.07 Å². The maximum Gasteiger partial charge on any atom is 0.337 e. The monoisotopic (exact) mass is 275 g/mol. The molecule has 0 aliphatic rings. The zero-order valence-corrected chi connectivity index (χ0v) is 8.79. The molecule has 0 aromatic heterocycles. The fourth-order valence-electron chi connectivity index (χ4n) is 0.886. The highest BCUT2D eigenvalue weighted by atomic mass is 127. The fraction of sp³-hybridized carbons (Fsp3) is 0.111. The van der Waals surface area contributed by atoms with Gasteiger partial charge in [0.15, 0.2) is 0 Å². The molecule has 3 heteroatoms. The molecule has 0 atom stereocenters. The summed E-state index contributed by atoms with van der Waals surface area (Å²) in [6, 6.07) is 5.36. The molecule has 0 bridgehead atoms. The molecule has 63 valence electrons. The van der Waals surface area contributed by atoms with Gasteiger partial charge >= 0.3 is 5.97 Å². The van der Waals surface area contributed by atoms with Crippen molar-refractivity contribution in [3.63, 3.8) is 0 Å². The van der Waals surface area contributed by atoms with Crippen LogP contribution in [-0.2, 0) is 4.74 Å². The molecule has 0 unspecified atom stereocenters. The Morgan fingerprint density at radius 3 is 2.67 bits per heavy atom. The van der Waals surface area contributed by atoms with E-state index in [0.717, 1.165) is 9.13 Å². The van der Waals surface area contributed by atoms with E-state index in [2.05, 4.69) is 34.3 Å². The number of hydrogen-bond acceptors (Lipinski definition) is 2. The van der Waals surface area contributed by atoms with E-state index in [9.17, 15) is 4.79 Å². The largest absolute Gasteiger partial charge is 0.465 e. The molecule has 12 heavy (non-hydrogen) atoms. The lowest BCUT2D eigenvalue weighted by molar-refractivity contribution is 0.0600. The summed E-state index contributed by atoms with van der Waals surface area (Å²) in [5.41, 5.74) is 1.37. The molecule has 1 aromatic rings. The Labute approximate surface area is 85.1 Å². The number of benzene rings is 1. The van der Waals surface area contributed by atoms with Crippen LogP contribution in [0.2, 0.25) is 0 Å². The molecule has 0 saturated heterocycles. The third-order valence-electron chi connectivity index (χ3n) is 1.38. The number of halogens is 1. The van der Waals surface area contributed by atoms with Crippen LogP contribution in [0.15, 0.2) is 18.2 Å². The van der Waals surface area contributed by atoms with Crippen molar-refractivity contribution in [1.29, 1.82) is 0 Å². The van der Waals surface area contributed by atoms with E-state index >= 15 is 0 Å². The van der Waals surface area contributed by atoms with E-state index in [1.54, 1.807) is 12.1 Å². The van der Waals surface area contributed by atoms with Crippen LogP contribution in [0.5, 0.6) is 0 Å². The summed E-state index contributed by atoms with van der Waals surface area (Å²) in [4.78, 5) is 11.1. The SMILES string of the molecule is [CH2]c1cc(I)cc(C(=O)OC)c1. The van der Waals surface area contributed by atoms with Crippen LogP contribution in [-0.4, -0.2) is 13.1 Å². The first-order valence-corrected chi connectivity index (χ1v) is 4.42. The molecule has 0 saturated carbocycles. The van der Waals surface area contributed by atoms with Gasteiger partial charge in [-0.1, -0.05) is 0 Å². The van der Waals surface area contributed by atoms with E-state index in [0.29, 0.717) is 5.56 Å². The van der Waals surface area contributed by atoms with Gasteiger partial charge in [0.25, 0.3) is 0 Å². The van der Waals surface area contributed by atoms with Gasteiger partial charge in [-0.2, -0.15) is 0 Å². The zero-order valence-electron chi connectivity index (χ0n) is 6.63. The lowest BCUT2D eigenvalue weighted by atomic mass is 10.1. The van der Waals surface area contributed by atoms with Crippen LogP contribution in [0.4, 0.5) is 0 Å². The Morgan fingerprint density at radius 1 is 1.50 bits per heavy atom. The van der Waals surface area contributed by atoms with Gasteiger partial charge in [-0.25, -0.2) is 4.79 Å². The quantitative estimate of drug-likeness (QED) is 0.580. The number of hydrogen-bond donors (Lipinski definition) is 0. The van der Waals surface area contributed by atoms with Crippen molar-refractivity contribution >= 4 is 28.6 Å². The first kappa shape index (κ1) is 9.51. The van der Waals surface area contributed by atoms with E-state index in [4.69, 9.17) is 0 Å². The lowest BCUT2D eigenvalue weighted by Gasteiger charge is -2.01. The summed E-state index contributed by atoms with van der Waals surface area (Å²) in [5, 5.41) is 0. The minimum absolute atomic E-state index is 0.321. The van der Waals surface area contributed by atoms with Crippen molar-refractivity contribution < 1.29 is 9.53 Å². The highest BCUT2D eigenvalue weighted by Crippen LogP contribution is 2.12. The first-order valence-electron chi connectivity index (χ1n) is 3.34. The molecule has 0 heterocycles. The maximum absolute atomic E-state index is 11.1. The van der Waals surface area contributed by atoms with Gasteiger partial charge < -0.3 is 4.74 Å². The number of rotatable bonds is 1. The second kappa shape index (κ2) is 3.89. The van der Waals surface area contributed by atoms with E-state index in [1.165, 1.54) is 7.11 Å². The summed E-state index contributed by atoms with van der Waals surface area (Å²) >= 11 is 2.13. The van der Waals surface area contributed by atoms with Gasteiger partial charge in [-0.05, 0) is 53.3 Å². The van der Waals surface area contributed by atoms with Gasteiger partial charge in [0, 0.05) is 3.57 Å². The average molecular weight is 275 g/mol. The Hall–Kier alpha value is -0.580. The summed E-state index contributed by atoms with van der Waals surface area (Å²) < 4.78 is 5.56. The summed E-state index contributed by atoms with van der Waals surface area (Å²) in [6.45, 7) is 3.75. The molecule has 2 nitrogen and oxygen atoms in total. The van der Waals surface area contributed by atoms with Gasteiger partial charge in [0.1, 0.15) is 0 Å². The molecule has 0 aliphatic carbocycles. The van der Waals surface area contributed by atoms with Crippen LogP contribution in [0.1, 0.15) is 15.9 Å². The van der Waals surface area contributed by atoms with Crippen molar-refractivity contribution in [2.75, 3.05) is 7.11 Å². The van der Waals surface area contributed by atoms with Crippen LogP contribution in [0.25, 0.3) is 0 Å². The lowest BCUT2D eigenvalue weighted by Crippen LogP contribution is -2.01. The number of esters is 1. The molecule has 1 rings (SSSR count). The Kier molecular flexibility index (Phi) is 3.08. The molecule has 1 aromatic carbocycles.